The Balaban J connectivity index is 1.76. The monoisotopic (exact) mass is 276 g/mol. The molecule has 4 heteroatoms. The molecule has 1 aliphatic heterocycles. The van der Waals surface area contributed by atoms with Gasteiger partial charge in [0.05, 0.1) is 24.3 Å². The number of hydrogen-bond donors (Lipinski definition) is 0. The first-order valence-electron chi connectivity index (χ1n) is 6.94. The molecular formula is C15H17FN2S. The lowest BCUT2D eigenvalue weighted by molar-refractivity contribution is 0.0808. The fourth-order valence-corrected chi connectivity index (χ4v) is 4.91. The molecule has 0 radical (unpaired) electrons. The molecule has 0 amide bonds. The predicted octanol–water partition coefficient (Wildman–Crippen LogP) is 4.43. The molecule has 3 heterocycles. The Labute approximate surface area is 116 Å². The molecule has 0 saturated heterocycles. The molecule has 0 aromatic carbocycles. The SMILES string of the molecule is CC1(F)CCCC([C@H]2c3sccc3-c3cncn32)C1. The summed E-state index contributed by atoms with van der Waals surface area (Å²) < 4.78 is 16.6. The molecule has 2 nitrogen and oxygen atoms in total. The molecular weight excluding hydrogens is 259 g/mol. The number of fused-ring (bicyclic) bond motifs is 3. The van der Waals surface area contributed by atoms with Gasteiger partial charge in [-0.05, 0) is 50.0 Å². The highest BCUT2D eigenvalue weighted by molar-refractivity contribution is 7.10. The number of thiophene rings is 1. The van der Waals surface area contributed by atoms with Crippen molar-refractivity contribution < 1.29 is 4.39 Å². The van der Waals surface area contributed by atoms with Gasteiger partial charge in [0.15, 0.2) is 0 Å². The highest BCUT2D eigenvalue weighted by atomic mass is 32.1. The van der Waals surface area contributed by atoms with Crippen molar-refractivity contribution in [1.82, 2.24) is 9.55 Å². The average Bonchev–Trinajstić information content (AvgIpc) is 2.98. The van der Waals surface area contributed by atoms with Gasteiger partial charge in [0.25, 0.3) is 0 Å². The lowest BCUT2D eigenvalue weighted by Gasteiger charge is -2.35. The van der Waals surface area contributed by atoms with Gasteiger partial charge < -0.3 is 4.57 Å². The van der Waals surface area contributed by atoms with E-state index in [4.69, 9.17) is 0 Å². The average molecular weight is 276 g/mol. The quantitative estimate of drug-likeness (QED) is 0.753. The Morgan fingerprint density at radius 3 is 3.26 bits per heavy atom. The zero-order valence-electron chi connectivity index (χ0n) is 11.0. The van der Waals surface area contributed by atoms with Gasteiger partial charge >= 0.3 is 0 Å². The van der Waals surface area contributed by atoms with E-state index in [-0.39, 0.29) is 0 Å². The van der Waals surface area contributed by atoms with E-state index in [9.17, 15) is 4.39 Å². The third kappa shape index (κ3) is 1.69. The van der Waals surface area contributed by atoms with Crippen LogP contribution < -0.4 is 0 Å². The molecule has 2 aliphatic rings. The molecule has 100 valence electrons. The molecule has 2 aromatic rings. The van der Waals surface area contributed by atoms with Crippen LogP contribution in [0.2, 0.25) is 0 Å². The molecule has 3 atom stereocenters. The van der Waals surface area contributed by atoms with E-state index in [0.717, 1.165) is 12.8 Å². The molecule has 0 N–H and O–H groups in total. The van der Waals surface area contributed by atoms with Gasteiger partial charge in [-0.15, -0.1) is 11.3 Å². The van der Waals surface area contributed by atoms with E-state index >= 15 is 0 Å². The number of halogens is 1. The first-order valence-corrected chi connectivity index (χ1v) is 7.82. The summed E-state index contributed by atoms with van der Waals surface area (Å²) in [6.45, 7) is 1.76. The maximum Gasteiger partial charge on any atom is 0.108 e. The van der Waals surface area contributed by atoms with Gasteiger partial charge in [-0.1, -0.05) is 0 Å². The number of hydrogen-bond acceptors (Lipinski definition) is 2. The van der Waals surface area contributed by atoms with Crippen LogP contribution in [0, 0.1) is 5.92 Å². The summed E-state index contributed by atoms with van der Waals surface area (Å²) in [7, 11) is 0. The predicted molar refractivity (Wildman–Crippen MR) is 75.2 cm³/mol. The van der Waals surface area contributed by atoms with Gasteiger partial charge in [0, 0.05) is 10.4 Å². The molecule has 19 heavy (non-hydrogen) atoms. The van der Waals surface area contributed by atoms with Gasteiger partial charge in [-0.2, -0.15) is 0 Å². The van der Waals surface area contributed by atoms with E-state index in [1.807, 2.05) is 12.5 Å². The summed E-state index contributed by atoms with van der Waals surface area (Å²) in [6.07, 6.45) is 7.36. The standard InChI is InChI=1S/C15H17FN2S/c1-15(16)5-2-3-10(7-15)13-14-11(4-6-19-14)12-8-17-9-18(12)13/h4,6,8-10,13H,2-3,5,7H2,1H3/t10?,13-,15?/m0/s1. The summed E-state index contributed by atoms with van der Waals surface area (Å²) in [5.74, 6) is 0.400. The Morgan fingerprint density at radius 1 is 1.53 bits per heavy atom. The summed E-state index contributed by atoms with van der Waals surface area (Å²) in [5, 5.41) is 2.14. The van der Waals surface area contributed by atoms with Gasteiger partial charge in [0.2, 0.25) is 0 Å². The lowest BCUT2D eigenvalue weighted by Crippen LogP contribution is -2.31. The maximum absolute atomic E-state index is 14.4. The molecule has 2 unspecified atom stereocenters. The highest BCUT2D eigenvalue weighted by Gasteiger charge is 2.41. The fourth-order valence-electron chi connectivity index (χ4n) is 3.82. The largest absolute Gasteiger partial charge is 0.322 e. The minimum absolute atomic E-state index is 0.308. The summed E-state index contributed by atoms with van der Waals surface area (Å²) in [6, 6.07) is 2.48. The number of aromatic nitrogens is 2. The van der Waals surface area contributed by atoms with Crippen LogP contribution in [0.1, 0.15) is 43.5 Å². The number of rotatable bonds is 1. The lowest BCUT2D eigenvalue weighted by atomic mass is 9.76. The molecule has 1 fully saturated rings. The second-order valence-electron chi connectivity index (χ2n) is 6.10. The van der Waals surface area contributed by atoms with Crippen LogP contribution in [0.5, 0.6) is 0 Å². The van der Waals surface area contributed by atoms with E-state index in [2.05, 4.69) is 21.0 Å². The van der Waals surface area contributed by atoms with Crippen LogP contribution in [-0.2, 0) is 0 Å². The van der Waals surface area contributed by atoms with Gasteiger partial charge in [-0.3, -0.25) is 0 Å². The zero-order valence-corrected chi connectivity index (χ0v) is 11.8. The zero-order chi connectivity index (χ0) is 13.0. The van der Waals surface area contributed by atoms with E-state index < -0.39 is 5.67 Å². The van der Waals surface area contributed by atoms with Crippen molar-refractivity contribution in [3.05, 3.63) is 28.8 Å². The smallest absolute Gasteiger partial charge is 0.108 e. The summed E-state index contributed by atoms with van der Waals surface area (Å²) >= 11 is 1.80. The van der Waals surface area contributed by atoms with E-state index in [0.29, 0.717) is 24.8 Å². The number of nitrogens with zero attached hydrogens (tertiary/aromatic N) is 2. The molecule has 0 bridgehead atoms. The third-order valence-corrected chi connectivity index (χ3v) is 5.60. The van der Waals surface area contributed by atoms with Crippen molar-refractivity contribution in [2.45, 2.75) is 44.3 Å². The van der Waals surface area contributed by atoms with Crippen molar-refractivity contribution >= 4 is 11.3 Å². The van der Waals surface area contributed by atoms with Crippen LogP contribution >= 0.6 is 11.3 Å². The third-order valence-electron chi connectivity index (χ3n) is 4.61. The molecule has 4 rings (SSSR count). The molecule has 0 spiro atoms. The van der Waals surface area contributed by atoms with Crippen molar-refractivity contribution in [3.8, 4) is 11.3 Å². The topological polar surface area (TPSA) is 17.8 Å². The van der Waals surface area contributed by atoms with Crippen molar-refractivity contribution in [3.63, 3.8) is 0 Å². The minimum atomic E-state index is -0.996. The maximum atomic E-state index is 14.4. The van der Waals surface area contributed by atoms with Crippen LogP contribution in [0.4, 0.5) is 4.39 Å². The minimum Gasteiger partial charge on any atom is -0.322 e. The first kappa shape index (κ1) is 11.6. The van der Waals surface area contributed by atoms with Crippen molar-refractivity contribution in [1.29, 1.82) is 0 Å². The van der Waals surface area contributed by atoms with Gasteiger partial charge in [0.1, 0.15) is 5.67 Å². The van der Waals surface area contributed by atoms with Crippen LogP contribution in [0.25, 0.3) is 11.3 Å². The van der Waals surface area contributed by atoms with E-state index in [1.54, 1.807) is 18.3 Å². The van der Waals surface area contributed by atoms with E-state index in [1.165, 1.54) is 16.1 Å². The fraction of sp³-hybridized carbons (Fsp3) is 0.533. The molecule has 1 aliphatic carbocycles. The van der Waals surface area contributed by atoms with Gasteiger partial charge in [-0.25, -0.2) is 9.37 Å². The Bertz CT molecular complexity index is 573. The Morgan fingerprint density at radius 2 is 2.42 bits per heavy atom. The second kappa shape index (κ2) is 3.92. The Hall–Kier alpha value is -1.16. The highest BCUT2D eigenvalue weighted by Crippen LogP contribution is 2.51. The summed E-state index contributed by atoms with van der Waals surface area (Å²) in [4.78, 5) is 5.68. The second-order valence-corrected chi connectivity index (χ2v) is 7.05. The molecule has 2 aromatic heterocycles. The number of imidazole rings is 1. The Kier molecular flexibility index (Phi) is 2.40. The normalized spacial score (nSPS) is 33.2. The van der Waals surface area contributed by atoms with Crippen molar-refractivity contribution in [2.75, 3.05) is 0 Å². The first-order chi connectivity index (χ1) is 9.16. The number of alkyl halides is 1. The van der Waals surface area contributed by atoms with Crippen LogP contribution in [0.15, 0.2) is 24.0 Å². The van der Waals surface area contributed by atoms with Crippen LogP contribution in [0.3, 0.4) is 0 Å². The van der Waals surface area contributed by atoms with Crippen LogP contribution in [-0.4, -0.2) is 15.2 Å². The molecule has 1 saturated carbocycles. The van der Waals surface area contributed by atoms with Crippen molar-refractivity contribution in [2.24, 2.45) is 5.92 Å². The summed E-state index contributed by atoms with van der Waals surface area (Å²) in [5.41, 5.74) is 1.51.